The van der Waals surface area contributed by atoms with Crippen molar-refractivity contribution in [2.45, 2.75) is 52.9 Å². The van der Waals surface area contributed by atoms with Crippen LogP contribution in [0.25, 0.3) is 33.3 Å². The Morgan fingerprint density at radius 1 is 1.07 bits per heavy atom. The summed E-state index contributed by atoms with van der Waals surface area (Å²) in [5.41, 5.74) is 5.60. The van der Waals surface area contributed by atoms with Crippen molar-refractivity contribution < 1.29 is 23.1 Å². The van der Waals surface area contributed by atoms with Gasteiger partial charge in [-0.2, -0.15) is 0 Å². The molecule has 10 heteroatoms. The third-order valence-electron chi connectivity index (χ3n) is 7.12. The number of benzene rings is 2. The molecule has 5 rings (SSSR count). The Balaban J connectivity index is 2.00. The number of pyridine rings is 1. The van der Waals surface area contributed by atoms with E-state index in [0.717, 1.165) is 33.3 Å². The van der Waals surface area contributed by atoms with Gasteiger partial charge in [-0.25, -0.2) is 18.2 Å². The van der Waals surface area contributed by atoms with Crippen molar-refractivity contribution in [2.24, 2.45) is 0 Å². The maximum absolute atomic E-state index is 13.1. The van der Waals surface area contributed by atoms with Crippen LogP contribution in [0.4, 0.5) is 5.69 Å². The number of carboxylic acid groups (broad SMARTS) is 1. The maximum Gasteiger partial charge on any atom is 0.337 e. The van der Waals surface area contributed by atoms with E-state index in [1.165, 1.54) is 10.6 Å². The summed E-state index contributed by atoms with van der Waals surface area (Å²) in [7, 11) is -3.68. The highest BCUT2D eigenvalue weighted by Gasteiger charge is 2.38. The second-order valence-corrected chi connectivity index (χ2v) is 13.5. The highest BCUT2D eigenvalue weighted by atomic mass is 35.5. The minimum Gasteiger partial charge on any atom is -0.479 e. The molecule has 1 unspecified atom stereocenters. The molecular weight excluding hydrogens is 550 g/mol. The zero-order chi connectivity index (χ0) is 29.1. The van der Waals surface area contributed by atoms with E-state index in [9.17, 15) is 18.3 Å². The average Bonchev–Trinajstić information content (AvgIpc) is 3.24. The number of carboxylic acids is 1. The number of hydrogen-bond acceptors (Lipinski definition) is 5. The Morgan fingerprint density at radius 3 is 2.33 bits per heavy atom. The van der Waals surface area contributed by atoms with Gasteiger partial charge in [0.2, 0.25) is 10.0 Å². The fourth-order valence-electron chi connectivity index (χ4n) is 5.55. The molecule has 0 saturated carbocycles. The number of ether oxygens (including phenoxy) is 1. The van der Waals surface area contributed by atoms with Gasteiger partial charge in [0, 0.05) is 34.9 Å². The molecule has 0 aliphatic carbocycles. The van der Waals surface area contributed by atoms with Crippen molar-refractivity contribution >= 4 is 44.2 Å². The van der Waals surface area contributed by atoms with E-state index in [4.69, 9.17) is 16.3 Å². The number of hydrogen-bond donors (Lipinski definition) is 1. The van der Waals surface area contributed by atoms with Gasteiger partial charge in [0.1, 0.15) is 5.15 Å². The SMILES string of the molecule is Cc1ccc(-c2c(C(OC(C)(C)C)C(=O)O)c(C)c3c4c2cc(-c2ccnc(Cl)c2)n4CCN3S(C)(=O)=O)cc1. The first-order valence-corrected chi connectivity index (χ1v) is 15.2. The zero-order valence-corrected chi connectivity index (χ0v) is 24.9. The van der Waals surface area contributed by atoms with Crippen molar-refractivity contribution in [3.05, 3.63) is 70.5 Å². The topological polar surface area (TPSA) is 102 Å². The largest absolute Gasteiger partial charge is 0.479 e. The number of sulfonamides is 1. The van der Waals surface area contributed by atoms with Gasteiger partial charge in [0.15, 0.2) is 6.10 Å². The molecule has 0 fully saturated rings. The van der Waals surface area contributed by atoms with Gasteiger partial charge in [-0.3, -0.25) is 4.31 Å². The number of aryl methyl sites for hydroxylation is 1. The van der Waals surface area contributed by atoms with Crippen LogP contribution in [0.5, 0.6) is 0 Å². The van der Waals surface area contributed by atoms with Crippen LogP contribution in [0.1, 0.15) is 43.6 Å². The summed E-state index contributed by atoms with van der Waals surface area (Å²) in [5.74, 6) is -1.15. The van der Waals surface area contributed by atoms with Crippen molar-refractivity contribution in [3.8, 4) is 22.4 Å². The summed E-state index contributed by atoms with van der Waals surface area (Å²) in [5, 5.41) is 11.6. The molecule has 40 heavy (non-hydrogen) atoms. The molecule has 1 atom stereocenters. The molecule has 210 valence electrons. The molecule has 0 amide bonds. The first-order chi connectivity index (χ1) is 18.7. The highest BCUT2D eigenvalue weighted by molar-refractivity contribution is 7.92. The van der Waals surface area contributed by atoms with Gasteiger partial charge >= 0.3 is 5.97 Å². The van der Waals surface area contributed by atoms with E-state index >= 15 is 0 Å². The summed E-state index contributed by atoms with van der Waals surface area (Å²) < 4.78 is 35.8. The van der Waals surface area contributed by atoms with Crippen molar-refractivity contribution in [3.63, 3.8) is 0 Å². The quantitative estimate of drug-likeness (QED) is 0.266. The Labute approximate surface area is 239 Å². The predicted molar refractivity (Wildman–Crippen MR) is 158 cm³/mol. The van der Waals surface area contributed by atoms with E-state index in [0.29, 0.717) is 34.1 Å². The van der Waals surface area contributed by atoms with Crippen LogP contribution in [0, 0.1) is 13.8 Å². The summed E-state index contributed by atoms with van der Waals surface area (Å²) in [4.78, 5) is 17.0. The molecule has 4 aromatic rings. The van der Waals surface area contributed by atoms with E-state index < -0.39 is 27.7 Å². The number of nitrogens with zero attached hydrogens (tertiary/aromatic N) is 3. The van der Waals surface area contributed by atoms with Crippen LogP contribution >= 0.6 is 11.6 Å². The minimum atomic E-state index is -3.68. The second-order valence-electron chi connectivity index (χ2n) is 11.2. The van der Waals surface area contributed by atoms with Crippen LogP contribution in [0.2, 0.25) is 5.15 Å². The van der Waals surface area contributed by atoms with E-state index in [2.05, 4.69) is 9.55 Å². The molecule has 0 spiro atoms. The number of aliphatic carboxylic acids is 1. The summed E-state index contributed by atoms with van der Waals surface area (Å²) in [6.45, 7) is 9.79. The molecule has 1 aliphatic rings. The molecule has 2 aromatic carbocycles. The molecule has 3 heterocycles. The van der Waals surface area contributed by atoms with Gasteiger partial charge < -0.3 is 14.4 Å². The lowest BCUT2D eigenvalue weighted by molar-refractivity contribution is -0.160. The van der Waals surface area contributed by atoms with E-state index in [-0.39, 0.29) is 6.54 Å². The molecule has 0 bridgehead atoms. The fourth-order valence-corrected chi connectivity index (χ4v) is 6.69. The van der Waals surface area contributed by atoms with Gasteiger partial charge in [-0.05, 0) is 69.5 Å². The lowest BCUT2D eigenvalue weighted by Gasteiger charge is -2.34. The summed E-state index contributed by atoms with van der Waals surface area (Å²) in [6, 6.07) is 13.5. The van der Waals surface area contributed by atoms with Gasteiger partial charge in [-0.15, -0.1) is 0 Å². The fraction of sp³-hybridized carbons (Fsp3) is 0.333. The second kappa shape index (κ2) is 9.90. The number of halogens is 1. The predicted octanol–water partition coefficient (Wildman–Crippen LogP) is 6.36. The van der Waals surface area contributed by atoms with E-state index in [1.807, 2.05) is 43.3 Å². The Hall–Kier alpha value is -3.40. The molecule has 2 aromatic heterocycles. The van der Waals surface area contributed by atoms with Crippen LogP contribution in [-0.2, 0) is 26.1 Å². The van der Waals surface area contributed by atoms with Gasteiger partial charge in [-0.1, -0.05) is 41.4 Å². The standard InChI is InChI=1S/C30H32ClN3O5S/c1-17-7-9-19(10-8-17)25-21-16-22(20-11-12-32-23(31)15-20)33-13-14-34(40(6,37)38)26(27(21)33)18(2)24(25)28(29(35)36)39-30(3,4)5/h7-12,15-16,28H,13-14H2,1-6H3,(H,35,36). The van der Waals surface area contributed by atoms with Gasteiger partial charge in [0.25, 0.3) is 0 Å². The molecule has 8 nitrogen and oxygen atoms in total. The van der Waals surface area contributed by atoms with Crippen molar-refractivity contribution in [1.29, 1.82) is 0 Å². The van der Waals surface area contributed by atoms with Crippen molar-refractivity contribution in [2.75, 3.05) is 17.1 Å². The smallest absolute Gasteiger partial charge is 0.337 e. The molecular formula is C30H32ClN3O5S. The monoisotopic (exact) mass is 581 g/mol. The Morgan fingerprint density at radius 2 is 1.75 bits per heavy atom. The highest BCUT2D eigenvalue weighted by Crippen LogP contribution is 2.49. The third kappa shape index (κ3) is 4.98. The van der Waals surface area contributed by atoms with Gasteiger partial charge in [0.05, 0.1) is 29.6 Å². The minimum absolute atomic E-state index is 0.198. The normalized spacial score (nSPS) is 14.5. The number of aromatic nitrogens is 2. The van der Waals surface area contributed by atoms with Crippen LogP contribution in [0.15, 0.2) is 48.7 Å². The number of rotatable bonds is 6. The third-order valence-corrected chi connectivity index (χ3v) is 8.49. The maximum atomic E-state index is 13.1. The molecule has 0 saturated heterocycles. The molecule has 0 radical (unpaired) electrons. The van der Waals surface area contributed by atoms with Crippen LogP contribution in [0.3, 0.4) is 0 Å². The molecule has 1 aliphatic heterocycles. The first kappa shape index (κ1) is 28.1. The lowest BCUT2D eigenvalue weighted by Crippen LogP contribution is -2.37. The molecule has 1 N–H and O–H groups in total. The zero-order valence-electron chi connectivity index (χ0n) is 23.3. The van der Waals surface area contributed by atoms with Crippen molar-refractivity contribution in [1.82, 2.24) is 9.55 Å². The number of anilines is 1. The summed E-state index contributed by atoms with van der Waals surface area (Å²) in [6.07, 6.45) is 1.46. The Kier molecular flexibility index (Phi) is 6.97. The van der Waals surface area contributed by atoms with Crippen LogP contribution < -0.4 is 4.31 Å². The lowest BCUT2D eigenvalue weighted by atomic mass is 9.87. The first-order valence-electron chi connectivity index (χ1n) is 12.9. The summed E-state index contributed by atoms with van der Waals surface area (Å²) >= 11 is 6.26. The number of carbonyl (C=O) groups is 1. The average molecular weight is 582 g/mol. The Bertz CT molecular complexity index is 1760. The van der Waals surface area contributed by atoms with Crippen LogP contribution in [-0.4, -0.2) is 47.4 Å². The van der Waals surface area contributed by atoms with E-state index in [1.54, 1.807) is 40.0 Å².